The second kappa shape index (κ2) is 7.19. The van der Waals surface area contributed by atoms with Gasteiger partial charge in [-0.05, 0) is 67.3 Å². The predicted octanol–water partition coefficient (Wildman–Crippen LogP) is 5.29. The molecule has 0 saturated carbocycles. The molecular weight excluding hydrogens is 329 g/mol. The normalized spacial score (nSPS) is 12.4. The second-order valence-electron chi connectivity index (χ2n) is 5.41. The first-order chi connectivity index (χ1) is 10.0. The van der Waals surface area contributed by atoms with E-state index in [1.54, 1.807) is 6.07 Å². The van der Waals surface area contributed by atoms with Crippen LogP contribution < -0.4 is 5.32 Å². The molecule has 0 bridgehead atoms. The zero-order chi connectivity index (χ0) is 15.4. The topological polar surface area (TPSA) is 12.0 Å². The summed E-state index contributed by atoms with van der Waals surface area (Å²) in [6.45, 7) is 7.10. The molecule has 0 radical (unpaired) electrons. The van der Waals surface area contributed by atoms with Crippen molar-refractivity contribution in [1.29, 1.82) is 0 Å². The molecule has 1 unspecified atom stereocenters. The fourth-order valence-corrected chi connectivity index (χ4v) is 3.23. The molecule has 21 heavy (non-hydrogen) atoms. The minimum absolute atomic E-state index is 0.0699. The number of halogens is 2. The van der Waals surface area contributed by atoms with Crippen LogP contribution in [-0.2, 0) is 0 Å². The Morgan fingerprint density at radius 2 is 1.81 bits per heavy atom. The van der Waals surface area contributed by atoms with Crippen LogP contribution in [0.2, 0.25) is 0 Å². The highest BCUT2D eigenvalue weighted by molar-refractivity contribution is 9.10. The molecule has 2 rings (SSSR count). The van der Waals surface area contributed by atoms with E-state index in [-0.39, 0.29) is 11.9 Å². The standard InChI is InChI=1S/C18H21BrFN/c1-4-9-21-18(15-8-6-14(20)11-13(15)3)16-7-5-12(2)10-17(16)19/h5-8,10-11,18,21H,4,9H2,1-3H3. The first kappa shape index (κ1) is 16.2. The molecule has 0 aliphatic rings. The van der Waals surface area contributed by atoms with Gasteiger partial charge in [-0.15, -0.1) is 0 Å². The van der Waals surface area contributed by atoms with Gasteiger partial charge in [-0.1, -0.05) is 41.1 Å². The van der Waals surface area contributed by atoms with E-state index < -0.39 is 0 Å². The maximum absolute atomic E-state index is 13.4. The molecule has 0 saturated heterocycles. The molecule has 0 aromatic heterocycles. The van der Waals surface area contributed by atoms with Crippen molar-refractivity contribution in [3.8, 4) is 0 Å². The Balaban J connectivity index is 2.46. The molecule has 1 nitrogen and oxygen atoms in total. The Labute approximate surface area is 134 Å². The third-order valence-electron chi connectivity index (χ3n) is 3.61. The first-order valence-corrected chi connectivity index (χ1v) is 8.07. The molecule has 0 aliphatic heterocycles. The van der Waals surface area contributed by atoms with E-state index in [1.807, 2.05) is 13.0 Å². The summed E-state index contributed by atoms with van der Waals surface area (Å²) in [7, 11) is 0. The molecule has 3 heteroatoms. The van der Waals surface area contributed by atoms with Crippen molar-refractivity contribution in [2.45, 2.75) is 33.2 Å². The number of hydrogen-bond donors (Lipinski definition) is 1. The summed E-state index contributed by atoms with van der Waals surface area (Å²) in [5.41, 5.74) is 4.49. The lowest BCUT2D eigenvalue weighted by atomic mass is 9.94. The van der Waals surface area contributed by atoms with Crippen molar-refractivity contribution in [3.63, 3.8) is 0 Å². The van der Waals surface area contributed by atoms with Crippen LogP contribution in [-0.4, -0.2) is 6.54 Å². The van der Waals surface area contributed by atoms with Crippen LogP contribution in [0.5, 0.6) is 0 Å². The summed E-state index contributed by atoms with van der Waals surface area (Å²) >= 11 is 3.66. The first-order valence-electron chi connectivity index (χ1n) is 7.28. The summed E-state index contributed by atoms with van der Waals surface area (Å²) in [5, 5.41) is 3.57. The second-order valence-corrected chi connectivity index (χ2v) is 6.27. The van der Waals surface area contributed by atoms with Gasteiger partial charge < -0.3 is 5.32 Å². The smallest absolute Gasteiger partial charge is 0.123 e. The lowest BCUT2D eigenvalue weighted by Gasteiger charge is -2.23. The van der Waals surface area contributed by atoms with Crippen LogP contribution in [0.1, 0.15) is 41.6 Å². The Hall–Kier alpha value is -1.19. The minimum Gasteiger partial charge on any atom is -0.306 e. The molecule has 0 fully saturated rings. The number of aryl methyl sites for hydroxylation is 2. The highest BCUT2D eigenvalue weighted by Gasteiger charge is 2.18. The lowest BCUT2D eigenvalue weighted by molar-refractivity contribution is 0.588. The molecule has 0 aliphatic carbocycles. The average Bonchev–Trinajstić information content (AvgIpc) is 2.42. The van der Waals surface area contributed by atoms with Gasteiger partial charge in [0.25, 0.3) is 0 Å². The number of nitrogens with one attached hydrogen (secondary N) is 1. The number of rotatable bonds is 5. The Bertz CT molecular complexity index is 573. The third-order valence-corrected chi connectivity index (χ3v) is 4.30. The fraction of sp³-hybridized carbons (Fsp3) is 0.333. The van der Waals surface area contributed by atoms with Crippen molar-refractivity contribution in [3.05, 3.63) is 68.9 Å². The molecular formula is C18H21BrFN. The predicted molar refractivity (Wildman–Crippen MR) is 90.2 cm³/mol. The van der Waals surface area contributed by atoms with Crippen LogP contribution in [0, 0.1) is 19.7 Å². The van der Waals surface area contributed by atoms with Gasteiger partial charge in [0.2, 0.25) is 0 Å². The largest absolute Gasteiger partial charge is 0.306 e. The molecule has 2 aromatic carbocycles. The lowest BCUT2D eigenvalue weighted by Crippen LogP contribution is -2.24. The number of hydrogen-bond acceptors (Lipinski definition) is 1. The van der Waals surface area contributed by atoms with Gasteiger partial charge in [0, 0.05) is 4.47 Å². The molecule has 0 heterocycles. The van der Waals surface area contributed by atoms with E-state index >= 15 is 0 Å². The van der Waals surface area contributed by atoms with Gasteiger partial charge in [-0.25, -0.2) is 4.39 Å². The zero-order valence-electron chi connectivity index (χ0n) is 12.7. The molecule has 1 atom stereocenters. The Kier molecular flexibility index (Phi) is 5.54. The summed E-state index contributed by atoms with van der Waals surface area (Å²) in [5.74, 6) is -0.187. The maximum Gasteiger partial charge on any atom is 0.123 e. The van der Waals surface area contributed by atoms with Crippen molar-refractivity contribution >= 4 is 15.9 Å². The highest BCUT2D eigenvalue weighted by Crippen LogP contribution is 2.31. The zero-order valence-corrected chi connectivity index (χ0v) is 14.3. The van der Waals surface area contributed by atoms with E-state index in [1.165, 1.54) is 17.2 Å². The quantitative estimate of drug-likeness (QED) is 0.772. The van der Waals surface area contributed by atoms with E-state index in [2.05, 4.69) is 53.3 Å². The Morgan fingerprint density at radius 3 is 2.43 bits per heavy atom. The van der Waals surface area contributed by atoms with E-state index in [0.29, 0.717) is 0 Å². The fourth-order valence-electron chi connectivity index (χ4n) is 2.51. The van der Waals surface area contributed by atoms with Gasteiger partial charge in [0.1, 0.15) is 5.82 Å². The van der Waals surface area contributed by atoms with Crippen LogP contribution in [0.15, 0.2) is 40.9 Å². The van der Waals surface area contributed by atoms with Gasteiger partial charge in [0.15, 0.2) is 0 Å². The van der Waals surface area contributed by atoms with E-state index in [4.69, 9.17) is 0 Å². The van der Waals surface area contributed by atoms with Crippen molar-refractivity contribution in [2.75, 3.05) is 6.54 Å². The van der Waals surface area contributed by atoms with Crippen molar-refractivity contribution in [2.24, 2.45) is 0 Å². The molecule has 0 spiro atoms. The van der Waals surface area contributed by atoms with E-state index in [9.17, 15) is 4.39 Å². The Morgan fingerprint density at radius 1 is 1.10 bits per heavy atom. The summed E-state index contributed by atoms with van der Waals surface area (Å²) in [6, 6.07) is 11.4. The summed E-state index contributed by atoms with van der Waals surface area (Å²) in [6.07, 6.45) is 1.06. The van der Waals surface area contributed by atoms with Crippen LogP contribution in [0.3, 0.4) is 0 Å². The van der Waals surface area contributed by atoms with Crippen molar-refractivity contribution in [1.82, 2.24) is 5.32 Å². The highest BCUT2D eigenvalue weighted by atomic mass is 79.9. The van der Waals surface area contributed by atoms with Gasteiger partial charge in [-0.3, -0.25) is 0 Å². The molecule has 1 N–H and O–H groups in total. The minimum atomic E-state index is -0.187. The monoisotopic (exact) mass is 349 g/mol. The van der Waals surface area contributed by atoms with Gasteiger partial charge in [-0.2, -0.15) is 0 Å². The maximum atomic E-state index is 13.4. The van der Waals surface area contributed by atoms with Crippen molar-refractivity contribution < 1.29 is 4.39 Å². The summed E-state index contributed by atoms with van der Waals surface area (Å²) < 4.78 is 14.5. The van der Waals surface area contributed by atoms with Crippen LogP contribution in [0.25, 0.3) is 0 Å². The molecule has 2 aromatic rings. The third kappa shape index (κ3) is 3.92. The number of benzene rings is 2. The van der Waals surface area contributed by atoms with E-state index in [0.717, 1.165) is 28.6 Å². The average molecular weight is 350 g/mol. The summed E-state index contributed by atoms with van der Waals surface area (Å²) in [4.78, 5) is 0. The SMILES string of the molecule is CCCNC(c1ccc(F)cc1C)c1ccc(C)cc1Br. The van der Waals surface area contributed by atoms with Gasteiger partial charge in [0.05, 0.1) is 6.04 Å². The molecule has 112 valence electrons. The van der Waals surface area contributed by atoms with Crippen LogP contribution >= 0.6 is 15.9 Å². The van der Waals surface area contributed by atoms with Crippen LogP contribution in [0.4, 0.5) is 4.39 Å². The molecule has 0 amide bonds. The van der Waals surface area contributed by atoms with Gasteiger partial charge >= 0.3 is 0 Å².